The number of nitrogens with zero attached hydrogens (tertiary/aromatic N) is 1. The molecule has 0 aliphatic rings. The monoisotopic (exact) mass is 259 g/mol. The lowest BCUT2D eigenvalue weighted by Crippen LogP contribution is -2.07. The number of anilines is 1. The van der Waals surface area contributed by atoms with E-state index in [0.717, 1.165) is 17.7 Å². The number of carbonyl (C=O) groups excluding carboxylic acids is 1. The number of hydrogen-bond donors (Lipinski definition) is 3. The Morgan fingerprint density at radius 2 is 2.11 bits per heavy atom. The van der Waals surface area contributed by atoms with Gasteiger partial charge in [0.15, 0.2) is 0 Å². The van der Waals surface area contributed by atoms with E-state index in [0.29, 0.717) is 5.95 Å². The number of amides is 1. The largest absolute Gasteiger partial charge is 0.508 e. The number of rotatable bonds is 4. The maximum absolute atomic E-state index is 10.9. The molecule has 0 saturated heterocycles. The molecule has 0 bridgehead atoms. The summed E-state index contributed by atoms with van der Waals surface area (Å²) < 4.78 is 0. The quantitative estimate of drug-likeness (QED) is 0.789. The van der Waals surface area contributed by atoms with E-state index in [1.165, 1.54) is 6.92 Å². The molecule has 2 aromatic rings. The zero-order valence-electron chi connectivity index (χ0n) is 11.0. The Morgan fingerprint density at radius 3 is 2.74 bits per heavy atom. The van der Waals surface area contributed by atoms with E-state index in [1.807, 2.05) is 12.1 Å². The number of hydrogen-bond acceptors (Lipinski definition) is 3. The number of benzene rings is 1. The van der Waals surface area contributed by atoms with Gasteiger partial charge in [-0.25, -0.2) is 4.98 Å². The van der Waals surface area contributed by atoms with Gasteiger partial charge in [0.25, 0.3) is 0 Å². The van der Waals surface area contributed by atoms with Gasteiger partial charge in [-0.15, -0.1) is 0 Å². The number of H-pyrrole nitrogens is 1. The van der Waals surface area contributed by atoms with Crippen LogP contribution in [0.3, 0.4) is 0 Å². The van der Waals surface area contributed by atoms with Crippen LogP contribution in [0.5, 0.6) is 5.75 Å². The van der Waals surface area contributed by atoms with Gasteiger partial charge in [-0.2, -0.15) is 0 Å². The number of aromatic hydroxyl groups is 1. The molecule has 1 amide bonds. The second-order valence-corrected chi connectivity index (χ2v) is 4.64. The van der Waals surface area contributed by atoms with Crippen LogP contribution >= 0.6 is 0 Å². The molecule has 0 spiro atoms. The van der Waals surface area contributed by atoms with Crippen molar-refractivity contribution < 1.29 is 9.90 Å². The van der Waals surface area contributed by atoms with E-state index in [4.69, 9.17) is 0 Å². The summed E-state index contributed by atoms with van der Waals surface area (Å²) >= 11 is 0. The third kappa shape index (κ3) is 3.58. The number of imidazole rings is 1. The Balaban J connectivity index is 2.03. The predicted octanol–water partition coefficient (Wildman–Crippen LogP) is 2.42. The molecule has 0 radical (unpaired) electrons. The van der Waals surface area contributed by atoms with Crippen LogP contribution in [0.4, 0.5) is 5.95 Å². The third-order valence-corrected chi connectivity index (χ3v) is 2.90. The van der Waals surface area contributed by atoms with Crippen LogP contribution in [0.25, 0.3) is 0 Å². The Morgan fingerprint density at radius 1 is 1.42 bits per heavy atom. The van der Waals surface area contributed by atoms with Crippen molar-refractivity contribution >= 4 is 11.9 Å². The van der Waals surface area contributed by atoms with Crippen LogP contribution in [0.15, 0.2) is 30.5 Å². The van der Waals surface area contributed by atoms with Crippen molar-refractivity contribution in [2.75, 3.05) is 5.32 Å². The number of carbonyl (C=O) groups is 1. The average Bonchev–Trinajstić information content (AvgIpc) is 2.80. The van der Waals surface area contributed by atoms with Crippen LogP contribution in [0, 0.1) is 0 Å². The fourth-order valence-electron chi connectivity index (χ4n) is 1.91. The van der Waals surface area contributed by atoms with Crippen LogP contribution in [-0.4, -0.2) is 21.0 Å². The predicted molar refractivity (Wildman–Crippen MR) is 73.1 cm³/mol. The summed E-state index contributed by atoms with van der Waals surface area (Å²) in [6.07, 6.45) is 2.57. The molecule has 0 saturated carbocycles. The highest BCUT2D eigenvalue weighted by molar-refractivity contribution is 5.86. The molecule has 2 rings (SSSR count). The van der Waals surface area contributed by atoms with Crippen molar-refractivity contribution in [1.29, 1.82) is 0 Å². The summed E-state index contributed by atoms with van der Waals surface area (Å²) in [6.45, 7) is 3.53. The van der Waals surface area contributed by atoms with Gasteiger partial charge in [0.05, 0.1) is 6.20 Å². The van der Waals surface area contributed by atoms with Gasteiger partial charge in [-0.05, 0) is 24.1 Å². The second-order valence-electron chi connectivity index (χ2n) is 4.64. The van der Waals surface area contributed by atoms with Gasteiger partial charge in [0.2, 0.25) is 11.9 Å². The first kappa shape index (κ1) is 13.1. The Hall–Kier alpha value is -2.30. The van der Waals surface area contributed by atoms with Crippen molar-refractivity contribution in [3.63, 3.8) is 0 Å². The van der Waals surface area contributed by atoms with Crippen LogP contribution in [0.1, 0.15) is 31.0 Å². The molecule has 5 heteroatoms. The van der Waals surface area contributed by atoms with Crippen LogP contribution < -0.4 is 5.32 Å². The van der Waals surface area contributed by atoms with E-state index < -0.39 is 0 Å². The molecule has 1 atom stereocenters. The van der Waals surface area contributed by atoms with Crippen molar-refractivity contribution in [3.8, 4) is 5.75 Å². The highest BCUT2D eigenvalue weighted by Gasteiger charge is 2.10. The fraction of sp³-hybridized carbons (Fsp3) is 0.286. The summed E-state index contributed by atoms with van der Waals surface area (Å²) in [5, 5.41) is 11.9. The fourth-order valence-corrected chi connectivity index (χ4v) is 1.91. The molecule has 0 aliphatic heterocycles. The Bertz CT molecular complexity index is 560. The molecule has 0 aliphatic carbocycles. The maximum Gasteiger partial charge on any atom is 0.223 e. The standard InChI is InChI=1S/C14H17N3O2/c1-9(7-11-3-5-12(19)6-4-11)13-8-15-14(17-13)16-10(2)18/h3-6,8-9,19H,7H2,1-2H3,(H2,15,16,17,18)/t9-/m0/s1. The van der Waals surface area contributed by atoms with E-state index in [-0.39, 0.29) is 17.6 Å². The Kier molecular flexibility index (Phi) is 3.85. The average molecular weight is 259 g/mol. The van der Waals surface area contributed by atoms with Gasteiger partial charge in [0, 0.05) is 18.5 Å². The normalized spacial score (nSPS) is 12.1. The number of aromatic amines is 1. The van der Waals surface area contributed by atoms with Crippen LogP contribution in [0.2, 0.25) is 0 Å². The van der Waals surface area contributed by atoms with Crippen molar-refractivity contribution in [2.45, 2.75) is 26.2 Å². The maximum atomic E-state index is 10.9. The minimum atomic E-state index is -0.146. The van der Waals surface area contributed by atoms with Gasteiger partial charge >= 0.3 is 0 Å². The molecule has 100 valence electrons. The lowest BCUT2D eigenvalue weighted by atomic mass is 9.99. The SMILES string of the molecule is CC(=O)Nc1ncc([C@@H](C)Cc2ccc(O)cc2)[nH]1. The minimum absolute atomic E-state index is 0.146. The molecular weight excluding hydrogens is 242 g/mol. The lowest BCUT2D eigenvalue weighted by Gasteiger charge is -2.09. The number of aromatic nitrogens is 2. The molecule has 1 heterocycles. The lowest BCUT2D eigenvalue weighted by molar-refractivity contribution is -0.114. The van der Waals surface area contributed by atoms with Crippen molar-refractivity contribution in [1.82, 2.24) is 9.97 Å². The van der Waals surface area contributed by atoms with Gasteiger partial charge in [-0.3, -0.25) is 10.1 Å². The molecule has 19 heavy (non-hydrogen) atoms. The summed E-state index contributed by atoms with van der Waals surface area (Å²) in [4.78, 5) is 18.1. The van der Waals surface area contributed by atoms with Gasteiger partial charge in [0.1, 0.15) is 5.75 Å². The smallest absolute Gasteiger partial charge is 0.223 e. The highest BCUT2D eigenvalue weighted by atomic mass is 16.3. The summed E-state index contributed by atoms with van der Waals surface area (Å²) in [5.74, 6) is 0.845. The first-order chi connectivity index (χ1) is 9.04. The number of phenolic OH excluding ortho intramolecular Hbond substituents is 1. The van der Waals surface area contributed by atoms with Gasteiger partial charge < -0.3 is 10.1 Å². The van der Waals surface area contributed by atoms with E-state index in [9.17, 15) is 9.90 Å². The highest BCUT2D eigenvalue weighted by Crippen LogP contribution is 2.21. The molecule has 1 aromatic heterocycles. The summed E-state index contributed by atoms with van der Waals surface area (Å²) in [6, 6.07) is 7.16. The van der Waals surface area contributed by atoms with Gasteiger partial charge in [-0.1, -0.05) is 19.1 Å². The first-order valence-corrected chi connectivity index (χ1v) is 6.15. The molecular formula is C14H17N3O2. The zero-order chi connectivity index (χ0) is 13.8. The summed E-state index contributed by atoms with van der Waals surface area (Å²) in [7, 11) is 0. The zero-order valence-corrected chi connectivity index (χ0v) is 11.0. The van der Waals surface area contributed by atoms with E-state index in [2.05, 4.69) is 22.2 Å². The third-order valence-electron chi connectivity index (χ3n) is 2.90. The summed E-state index contributed by atoms with van der Waals surface area (Å²) in [5.41, 5.74) is 2.11. The first-order valence-electron chi connectivity index (χ1n) is 6.15. The molecule has 5 nitrogen and oxygen atoms in total. The molecule has 3 N–H and O–H groups in total. The second kappa shape index (κ2) is 5.56. The molecule has 0 fully saturated rings. The molecule has 0 unspecified atom stereocenters. The topological polar surface area (TPSA) is 78.0 Å². The van der Waals surface area contributed by atoms with E-state index >= 15 is 0 Å². The molecule has 1 aromatic carbocycles. The minimum Gasteiger partial charge on any atom is -0.508 e. The van der Waals surface area contributed by atoms with E-state index in [1.54, 1.807) is 18.3 Å². The Labute approximate surface area is 111 Å². The van der Waals surface area contributed by atoms with Crippen LogP contribution in [-0.2, 0) is 11.2 Å². The van der Waals surface area contributed by atoms with Crippen molar-refractivity contribution in [3.05, 3.63) is 41.7 Å². The number of phenols is 1. The number of nitrogens with one attached hydrogen (secondary N) is 2. The van der Waals surface area contributed by atoms with Crippen molar-refractivity contribution in [2.24, 2.45) is 0 Å².